The molecule has 1 saturated carbocycles. The number of rotatable bonds is 17. The Bertz CT molecular complexity index is 1680. The summed E-state index contributed by atoms with van der Waals surface area (Å²) in [5.74, 6) is 0.127. The Morgan fingerprint density at radius 2 is 1.57 bits per heavy atom. The molecule has 3 aliphatic rings. The van der Waals surface area contributed by atoms with Crippen LogP contribution in [0.5, 0.6) is 5.75 Å². The van der Waals surface area contributed by atoms with Crippen molar-refractivity contribution in [1.82, 2.24) is 14.8 Å². The predicted octanol–water partition coefficient (Wildman–Crippen LogP) is 7.32. The number of fused-ring (bicyclic) bond motifs is 5. The average molecular weight is 712 g/mol. The van der Waals surface area contributed by atoms with Crippen LogP contribution in [0, 0.1) is 29.3 Å². The summed E-state index contributed by atoms with van der Waals surface area (Å²) >= 11 is 0. The molecule has 12 heteroatoms. The van der Waals surface area contributed by atoms with Crippen molar-refractivity contribution in [2.45, 2.75) is 148 Å². The highest BCUT2D eigenvalue weighted by Crippen LogP contribution is 2.39. The molecule has 1 aliphatic carbocycles. The summed E-state index contributed by atoms with van der Waals surface area (Å²) in [5.41, 5.74) is -2.24. The van der Waals surface area contributed by atoms with Crippen molar-refractivity contribution in [3.05, 3.63) is 62.8 Å². The van der Waals surface area contributed by atoms with Gasteiger partial charge in [-0.2, -0.15) is 0 Å². The lowest BCUT2D eigenvalue weighted by molar-refractivity contribution is -0.135. The molecule has 1 aromatic heterocycles. The summed E-state index contributed by atoms with van der Waals surface area (Å²) in [4.78, 5) is 55.5. The monoisotopic (exact) mass is 711 g/mol. The summed E-state index contributed by atoms with van der Waals surface area (Å²) < 4.78 is 54.9. The van der Waals surface area contributed by atoms with E-state index in [1.165, 1.54) is 49.3 Å². The minimum absolute atomic E-state index is 0.00367. The topological polar surface area (TPSA) is 107 Å². The van der Waals surface area contributed by atoms with Crippen LogP contribution in [0.15, 0.2) is 23.1 Å². The Balaban J connectivity index is 1.19. The van der Waals surface area contributed by atoms with Crippen LogP contribution in [-0.4, -0.2) is 45.6 Å². The highest BCUT2D eigenvalue weighted by molar-refractivity contribution is 6.00. The third kappa shape index (κ3) is 9.82. The second-order valence-electron chi connectivity index (χ2n) is 13.7. The second kappa shape index (κ2) is 18.4. The number of halogens is 3. The number of carbonyl (C=O) groups excluding carboxylic acids is 3. The van der Waals surface area contributed by atoms with E-state index < -0.39 is 70.3 Å². The van der Waals surface area contributed by atoms with Crippen LogP contribution >= 0.6 is 0 Å². The SMILES string of the molecule is CCCCCCCCCC#CCCCCCCC(=O)Oc1c2n(cc(C(=O)NCc3c(F)cc(F)cc3F)c1=O)CC1O[C@@H]3CC[C@@H](C3)N1C2=O. The fourth-order valence-corrected chi connectivity index (χ4v) is 7.15. The molecule has 51 heavy (non-hydrogen) atoms. The van der Waals surface area contributed by atoms with Crippen LogP contribution < -0.4 is 15.5 Å². The molecule has 3 atom stereocenters. The van der Waals surface area contributed by atoms with Crippen molar-refractivity contribution < 1.29 is 37.0 Å². The number of aromatic nitrogens is 1. The molecule has 1 unspecified atom stereocenters. The number of pyridine rings is 1. The molecule has 1 N–H and O–H groups in total. The number of nitrogens with zero attached hydrogens (tertiary/aromatic N) is 2. The van der Waals surface area contributed by atoms with Gasteiger partial charge in [-0.1, -0.05) is 58.3 Å². The maximum absolute atomic E-state index is 14.2. The maximum Gasteiger partial charge on any atom is 0.311 e. The number of carbonyl (C=O) groups is 3. The van der Waals surface area contributed by atoms with Crippen LogP contribution in [0.3, 0.4) is 0 Å². The molecular weight excluding hydrogens is 663 g/mol. The van der Waals surface area contributed by atoms with Gasteiger partial charge in [-0.05, 0) is 38.5 Å². The summed E-state index contributed by atoms with van der Waals surface area (Å²) in [6, 6.07) is 0.886. The van der Waals surface area contributed by atoms with Gasteiger partial charge in [0.25, 0.3) is 11.8 Å². The first-order valence-electron chi connectivity index (χ1n) is 18.5. The fourth-order valence-electron chi connectivity index (χ4n) is 7.15. The van der Waals surface area contributed by atoms with E-state index in [0.29, 0.717) is 25.0 Å². The van der Waals surface area contributed by atoms with E-state index in [0.717, 1.165) is 51.4 Å². The summed E-state index contributed by atoms with van der Waals surface area (Å²) in [6.07, 6.45) is 16.3. The largest absolute Gasteiger partial charge is 0.420 e. The van der Waals surface area contributed by atoms with Crippen molar-refractivity contribution in [2.24, 2.45) is 0 Å². The van der Waals surface area contributed by atoms with Gasteiger partial charge in [-0.25, -0.2) is 13.2 Å². The Morgan fingerprint density at radius 3 is 2.25 bits per heavy atom. The number of hydrogen-bond donors (Lipinski definition) is 1. The van der Waals surface area contributed by atoms with E-state index in [9.17, 15) is 32.3 Å². The van der Waals surface area contributed by atoms with Crippen molar-refractivity contribution in [3.8, 4) is 17.6 Å². The highest BCUT2D eigenvalue weighted by Gasteiger charge is 2.48. The first kappa shape index (κ1) is 38.1. The van der Waals surface area contributed by atoms with Crippen LogP contribution in [0.1, 0.15) is 142 Å². The molecule has 2 aromatic rings. The number of nitrogens with one attached hydrogen (secondary N) is 1. The van der Waals surface area contributed by atoms with Gasteiger partial charge in [-0.15, -0.1) is 11.8 Å². The molecule has 1 aromatic carbocycles. The minimum Gasteiger partial charge on any atom is -0.420 e. The van der Waals surface area contributed by atoms with Gasteiger partial charge < -0.3 is 24.3 Å². The number of esters is 1. The van der Waals surface area contributed by atoms with Crippen molar-refractivity contribution in [3.63, 3.8) is 0 Å². The Labute approximate surface area is 297 Å². The molecule has 5 rings (SSSR count). The van der Waals surface area contributed by atoms with E-state index >= 15 is 0 Å². The Kier molecular flexibility index (Phi) is 13.8. The second-order valence-corrected chi connectivity index (χ2v) is 13.7. The predicted molar refractivity (Wildman–Crippen MR) is 184 cm³/mol. The smallest absolute Gasteiger partial charge is 0.311 e. The van der Waals surface area contributed by atoms with Crippen LogP contribution in [-0.2, 0) is 22.6 Å². The molecule has 2 bridgehead atoms. The number of ether oxygens (including phenoxy) is 2. The van der Waals surface area contributed by atoms with E-state index in [-0.39, 0.29) is 30.8 Å². The van der Waals surface area contributed by atoms with Gasteiger partial charge in [0.2, 0.25) is 11.2 Å². The molecule has 1 saturated heterocycles. The van der Waals surface area contributed by atoms with Crippen molar-refractivity contribution >= 4 is 17.8 Å². The standard InChI is InChI=1S/C39H48F3N3O6/c1-2-3-4-5-6-7-8-9-10-11-12-13-14-15-16-17-34(46)51-37-35-39(49)45-27-18-19-28(22-27)50-33(45)25-44(35)24-30(36(37)47)38(48)43-23-29-31(41)20-26(40)21-32(29)42/h20-21,24,27-28,33H,2-9,12-19,22-23,25H2,1H3,(H,43,48)/t27-,28+,33?/m0/s1. The van der Waals surface area contributed by atoms with Crippen LogP contribution in [0.25, 0.3) is 0 Å². The third-order valence-corrected chi connectivity index (χ3v) is 9.89. The number of benzene rings is 1. The summed E-state index contributed by atoms with van der Waals surface area (Å²) in [7, 11) is 0. The fraction of sp³-hybridized carbons (Fsp3) is 0.590. The third-order valence-electron chi connectivity index (χ3n) is 9.89. The Morgan fingerprint density at radius 1 is 0.922 bits per heavy atom. The van der Waals surface area contributed by atoms with Gasteiger partial charge in [0, 0.05) is 55.7 Å². The lowest BCUT2D eigenvalue weighted by Gasteiger charge is -2.44. The maximum atomic E-state index is 14.2. The first-order valence-corrected chi connectivity index (χ1v) is 18.5. The average Bonchev–Trinajstić information content (AvgIpc) is 3.47. The first-order chi connectivity index (χ1) is 24.7. The lowest BCUT2D eigenvalue weighted by Crippen LogP contribution is -2.57. The molecule has 9 nitrogen and oxygen atoms in total. The molecule has 0 spiro atoms. The van der Waals surface area contributed by atoms with Gasteiger partial charge in [0.05, 0.1) is 12.6 Å². The zero-order valence-electron chi connectivity index (χ0n) is 29.4. The molecular formula is C39H48F3N3O6. The molecule has 3 heterocycles. The van der Waals surface area contributed by atoms with Gasteiger partial charge in [0.1, 0.15) is 23.0 Å². The lowest BCUT2D eigenvalue weighted by atomic mass is 10.1. The summed E-state index contributed by atoms with van der Waals surface area (Å²) in [5, 5.41) is 2.29. The van der Waals surface area contributed by atoms with E-state index in [2.05, 4.69) is 24.1 Å². The molecule has 2 fully saturated rings. The number of amides is 2. The number of unbranched alkanes of at least 4 members (excludes halogenated alkanes) is 11. The normalized spacial score (nSPS) is 18.9. The minimum atomic E-state index is -1.20. The van der Waals surface area contributed by atoms with Crippen molar-refractivity contribution in [2.75, 3.05) is 0 Å². The number of hydrogen-bond acceptors (Lipinski definition) is 6. The van der Waals surface area contributed by atoms with Crippen molar-refractivity contribution in [1.29, 1.82) is 0 Å². The summed E-state index contributed by atoms with van der Waals surface area (Å²) in [6.45, 7) is 1.62. The van der Waals surface area contributed by atoms with E-state index in [4.69, 9.17) is 9.47 Å². The highest BCUT2D eigenvalue weighted by atomic mass is 19.1. The molecule has 0 radical (unpaired) electrons. The zero-order chi connectivity index (χ0) is 36.3. The molecule has 2 amide bonds. The van der Waals surface area contributed by atoms with Gasteiger partial charge in [0.15, 0.2) is 11.9 Å². The van der Waals surface area contributed by atoms with Crippen LogP contribution in [0.4, 0.5) is 13.2 Å². The quantitative estimate of drug-likeness (QED) is 0.105. The zero-order valence-corrected chi connectivity index (χ0v) is 29.4. The van der Waals surface area contributed by atoms with E-state index in [1.807, 2.05) is 0 Å². The van der Waals surface area contributed by atoms with E-state index in [1.54, 1.807) is 4.90 Å². The van der Waals surface area contributed by atoms with Crippen LogP contribution in [0.2, 0.25) is 0 Å². The van der Waals surface area contributed by atoms with Gasteiger partial charge >= 0.3 is 5.97 Å². The molecule has 276 valence electrons. The van der Waals surface area contributed by atoms with Gasteiger partial charge in [-0.3, -0.25) is 19.2 Å². The Hall–Kier alpha value is -4.11. The molecule has 2 aliphatic heterocycles.